The third-order valence-corrected chi connectivity index (χ3v) is 1.48. The van der Waals surface area contributed by atoms with Gasteiger partial charge in [0.15, 0.2) is 11.9 Å². The fraction of sp³-hybridized carbons (Fsp3) is 0.500. The Kier molecular flexibility index (Phi) is 2.20. The van der Waals surface area contributed by atoms with Crippen molar-refractivity contribution in [3.8, 4) is 0 Å². The van der Waals surface area contributed by atoms with Crippen molar-refractivity contribution in [3.63, 3.8) is 0 Å². The molecule has 0 radical (unpaired) electrons. The van der Waals surface area contributed by atoms with Gasteiger partial charge in [0, 0.05) is 0 Å². The van der Waals surface area contributed by atoms with Crippen LogP contribution in [0.3, 0.4) is 0 Å². The monoisotopic (exact) mass is 176 g/mol. The van der Waals surface area contributed by atoms with Gasteiger partial charge in [-0.05, 0) is 0 Å². The summed E-state index contributed by atoms with van der Waals surface area (Å²) in [6.07, 6.45) is -2.78. The Labute approximate surface area is 67.3 Å². The van der Waals surface area contributed by atoms with E-state index in [1.807, 2.05) is 0 Å². The van der Waals surface area contributed by atoms with Crippen molar-refractivity contribution in [3.05, 3.63) is 11.5 Å². The molecule has 0 aromatic rings. The van der Waals surface area contributed by atoms with Crippen LogP contribution in [0, 0.1) is 0 Å². The lowest BCUT2D eigenvalue weighted by Crippen LogP contribution is -2.31. The zero-order valence-corrected chi connectivity index (χ0v) is 5.97. The van der Waals surface area contributed by atoms with Gasteiger partial charge in [-0.1, -0.05) is 0 Å². The van der Waals surface area contributed by atoms with E-state index < -0.39 is 36.3 Å². The Morgan fingerprint density at radius 3 is 2.42 bits per heavy atom. The molecule has 0 aromatic heterocycles. The van der Waals surface area contributed by atoms with Crippen molar-refractivity contribution >= 4 is 5.97 Å². The molecule has 0 unspecified atom stereocenters. The number of hydrogen-bond donors (Lipinski definition) is 4. The summed E-state index contributed by atoms with van der Waals surface area (Å²) >= 11 is 0. The minimum absolute atomic E-state index is 0.671. The maximum Gasteiger partial charge on any atom is 0.377 e. The predicted molar refractivity (Wildman–Crippen MR) is 35.3 cm³/mol. The lowest BCUT2D eigenvalue weighted by atomic mass is 10.2. The van der Waals surface area contributed by atoms with E-state index in [1.165, 1.54) is 0 Å². The second-order valence-electron chi connectivity index (χ2n) is 2.31. The Bertz CT molecular complexity index is 232. The molecule has 0 fully saturated rings. The zero-order chi connectivity index (χ0) is 9.30. The number of aliphatic hydroxyl groups excluding tert-OH is 4. The zero-order valence-electron chi connectivity index (χ0n) is 5.97. The Hall–Kier alpha value is -1.27. The highest BCUT2D eigenvalue weighted by molar-refractivity contribution is 5.89. The molecule has 1 aliphatic rings. The average molecular weight is 176 g/mol. The summed E-state index contributed by atoms with van der Waals surface area (Å²) in [5.74, 6) is -2.78. The van der Waals surface area contributed by atoms with E-state index in [1.54, 1.807) is 0 Å². The first-order valence-electron chi connectivity index (χ1n) is 3.20. The molecule has 0 bridgehead atoms. The van der Waals surface area contributed by atoms with Crippen LogP contribution < -0.4 is 0 Å². The van der Waals surface area contributed by atoms with Crippen molar-refractivity contribution in [1.29, 1.82) is 0 Å². The maximum atomic E-state index is 10.5. The van der Waals surface area contributed by atoms with Gasteiger partial charge in [0.25, 0.3) is 0 Å². The van der Waals surface area contributed by atoms with Crippen LogP contribution >= 0.6 is 0 Å². The van der Waals surface area contributed by atoms with Crippen LogP contribution in [-0.4, -0.2) is 45.2 Å². The number of aliphatic hydroxyl groups is 4. The minimum Gasteiger partial charge on any atom is -0.505 e. The largest absolute Gasteiger partial charge is 0.505 e. The van der Waals surface area contributed by atoms with Crippen molar-refractivity contribution in [2.45, 2.75) is 12.2 Å². The fourth-order valence-electron chi connectivity index (χ4n) is 0.823. The summed E-state index contributed by atoms with van der Waals surface area (Å²) < 4.78 is 4.32. The van der Waals surface area contributed by atoms with Gasteiger partial charge >= 0.3 is 5.97 Å². The number of cyclic esters (lactones) is 1. The predicted octanol–water partition coefficient (Wildman–Crippen LogP) is -1.41. The standard InChI is InChI=1S/C6H8O6/c7-1-2(8)5-3(9)4(10)6(11)12-5/h2,5,7-10H,1H2/t2-,5-/m0/s1. The lowest BCUT2D eigenvalue weighted by molar-refractivity contribution is -0.147. The molecule has 0 saturated carbocycles. The van der Waals surface area contributed by atoms with E-state index >= 15 is 0 Å². The molecule has 6 nitrogen and oxygen atoms in total. The van der Waals surface area contributed by atoms with Gasteiger partial charge < -0.3 is 25.2 Å². The van der Waals surface area contributed by atoms with Crippen LogP contribution in [0.5, 0.6) is 0 Å². The molecule has 0 aromatic carbocycles. The summed E-state index contributed by atoms with van der Waals surface area (Å²) in [5.41, 5.74) is 0. The minimum atomic E-state index is -1.42. The Balaban J connectivity index is 2.80. The SMILES string of the molecule is O=C1O[C@@H]([C@@H](O)CO)C(O)=C1O. The van der Waals surface area contributed by atoms with E-state index in [-0.39, 0.29) is 0 Å². The van der Waals surface area contributed by atoms with E-state index in [2.05, 4.69) is 4.74 Å². The maximum absolute atomic E-state index is 10.5. The Morgan fingerprint density at radius 1 is 1.50 bits per heavy atom. The van der Waals surface area contributed by atoms with Crippen LogP contribution in [0.25, 0.3) is 0 Å². The van der Waals surface area contributed by atoms with Crippen LogP contribution in [-0.2, 0) is 9.53 Å². The molecule has 6 heteroatoms. The van der Waals surface area contributed by atoms with Crippen LogP contribution in [0.1, 0.15) is 0 Å². The number of hydrogen-bond acceptors (Lipinski definition) is 6. The smallest absolute Gasteiger partial charge is 0.377 e. The topological polar surface area (TPSA) is 107 Å². The number of carbonyl (C=O) groups is 1. The molecule has 1 rings (SSSR count). The molecule has 2 atom stereocenters. The molecular weight excluding hydrogens is 168 g/mol. The fourth-order valence-corrected chi connectivity index (χ4v) is 0.823. The molecule has 1 heterocycles. The first kappa shape index (κ1) is 8.82. The number of carbonyl (C=O) groups excluding carboxylic acids is 1. The number of ether oxygens (including phenoxy) is 1. The van der Waals surface area contributed by atoms with E-state index in [4.69, 9.17) is 20.4 Å². The normalized spacial score (nSPS) is 25.8. The average Bonchev–Trinajstić information content (AvgIpc) is 2.32. The summed E-state index contributed by atoms with van der Waals surface area (Å²) in [4.78, 5) is 10.5. The third kappa shape index (κ3) is 1.21. The van der Waals surface area contributed by atoms with Crippen molar-refractivity contribution in [2.24, 2.45) is 0 Å². The molecular formula is C6H8O6. The molecule has 0 spiro atoms. The highest BCUT2D eigenvalue weighted by Crippen LogP contribution is 2.20. The van der Waals surface area contributed by atoms with Gasteiger partial charge in [0.05, 0.1) is 6.61 Å². The highest BCUT2D eigenvalue weighted by Gasteiger charge is 2.38. The molecule has 1 aliphatic heterocycles. The number of esters is 1. The van der Waals surface area contributed by atoms with Crippen molar-refractivity contribution in [2.75, 3.05) is 6.61 Å². The molecule has 68 valence electrons. The molecule has 12 heavy (non-hydrogen) atoms. The van der Waals surface area contributed by atoms with Gasteiger partial charge in [0.1, 0.15) is 6.10 Å². The second kappa shape index (κ2) is 3.00. The highest BCUT2D eigenvalue weighted by atomic mass is 16.6. The van der Waals surface area contributed by atoms with Gasteiger partial charge in [-0.3, -0.25) is 0 Å². The number of rotatable bonds is 2. The summed E-state index contributed by atoms with van der Waals surface area (Å²) in [6.45, 7) is -0.671. The van der Waals surface area contributed by atoms with E-state index in [0.717, 1.165) is 0 Å². The first-order chi connectivity index (χ1) is 5.57. The molecule has 0 aliphatic carbocycles. The summed E-state index contributed by atoms with van der Waals surface area (Å²) in [6, 6.07) is 0. The van der Waals surface area contributed by atoms with Crippen LogP contribution in [0.4, 0.5) is 0 Å². The van der Waals surface area contributed by atoms with Crippen LogP contribution in [0.15, 0.2) is 11.5 Å². The summed E-state index contributed by atoms with van der Waals surface area (Å²) in [5, 5.41) is 35.0. The van der Waals surface area contributed by atoms with Crippen molar-refractivity contribution in [1.82, 2.24) is 0 Å². The quantitative estimate of drug-likeness (QED) is 0.385. The van der Waals surface area contributed by atoms with Gasteiger partial charge in [-0.15, -0.1) is 0 Å². The van der Waals surface area contributed by atoms with Gasteiger partial charge in [0.2, 0.25) is 5.76 Å². The third-order valence-electron chi connectivity index (χ3n) is 1.48. The van der Waals surface area contributed by atoms with Gasteiger partial charge in [-0.2, -0.15) is 0 Å². The van der Waals surface area contributed by atoms with E-state index in [0.29, 0.717) is 0 Å². The van der Waals surface area contributed by atoms with Crippen molar-refractivity contribution < 1.29 is 30.0 Å². The van der Waals surface area contributed by atoms with E-state index in [9.17, 15) is 4.79 Å². The molecule has 0 saturated heterocycles. The molecule has 4 N–H and O–H groups in total. The summed E-state index contributed by atoms with van der Waals surface area (Å²) in [7, 11) is 0. The molecule has 0 amide bonds. The lowest BCUT2D eigenvalue weighted by Gasteiger charge is -2.13. The second-order valence-corrected chi connectivity index (χ2v) is 2.31. The van der Waals surface area contributed by atoms with Gasteiger partial charge in [-0.25, -0.2) is 4.79 Å². The van der Waals surface area contributed by atoms with Crippen LogP contribution in [0.2, 0.25) is 0 Å². The first-order valence-corrected chi connectivity index (χ1v) is 3.20. The Morgan fingerprint density at radius 2 is 2.08 bits per heavy atom.